The number of hydrogen-bond donors (Lipinski definition) is 0. The molecule has 0 radical (unpaired) electrons. The van der Waals surface area contributed by atoms with E-state index >= 15 is 0 Å². The number of fused-ring (bicyclic) bond motifs is 1. The summed E-state index contributed by atoms with van der Waals surface area (Å²) in [6.07, 6.45) is 3.08. The number of piperazine rings is 1. The molecule has 30 heavy (non-hydrogen) atoms. The van der Waals surface area contributed by atoms with Gasteiger partial charge in [0, 0.05) is 49.4 Å². The topological polar surface area (TPSA) is 79.6 Å². The third kappa shape index (κ3) is 4.15. The van der Waals surface area contributed by atoms with Gasteiger partial charge in [0.2, 0.25) is 5.91 Å². The van der Waals surface area contributed by atoms with E-state index in [2.05, 4.69) is 4.90 Å². The van der Waals surface area contributed by atoms with Crippen LogP contribution in [0.3, 0.4) is 0 Å². The third-order valence-corrected chi connectivity index (χ3v) is 6.59. The molecule has 3 aromatic rings. The molecule has 2 aromatic carbocycles. The van der Waals surface area contributed by atoms with Gasteiger partial charge >= 0.3 is 0 Å². The van der Waals surface area contributed by atoms with E-state index in [4.69, 9.17) is 16.6 Å². The van der Waals surface area contributed by atoms with Crippen molar-refractivity contribution in [2.45, 2.75) is 6.92 Å². The molecule has 2 heterocycles. The lowest BCUT2D eigenvalue weighted by atomic mass is 10.2. The molecule has 0 aliphatic carbocycles. The smallest absolute Gasteiger partial charge is 0.270 e. The number of amides is 1. The molecular formula is C21H19ClN4O3S. The fourth-order valence-electron chi connectivity index (χ4n) is 3.36. The summed E-state index contributed by atoms with van der Waals surface area (Å²) >= 11 is 7.83. The van der Waals surface area contributed by atoms with Crippen LogP contribution in [-0.4, -0.2) is 46.9 Å². The lowest BCUT2D eigenvalue weighted by Gasteiger charge is -2.34. The van der Waals surface area contributed by atoms with Crippen molar-refractivity contribution in [3.05, 3.63) is 68.7 Å². The maximum absolute atomic E-state index is 12.5. The number of rotatable bonds is 4. The van der Waals surface area contributed by atoms with Gasteiger partial charge in [0.25, 0.3) is 5.69 Å². The van der Waals surface area contributed by atoms with Gasteiger partial charge in [-0.3, -0.25) is 14.9 Å². The Labute approximate surface area is 182 Å². The van der Waals surface area contributed by atoms with Gasteiger partial charge in [0.15, 0.2) is 5.13 Å². The van der Waals surface area contributed by atoms with E-state index in [1.165, 1.54) is 18.2 Å². The number of benzene rings is 2. The highest BCUT2D eigenvalue weighted by Crippen LogP contribution is 2.33. The monoisotopic (exact) mass is 442 g/mol. The lowest BCUT2D eigenvalue weighted by Crippen LogP contribution is -2.48. The Morgan fingerprint density at radius 1 is 1.23 bits per heavy atom. The van der Waals surface area contributed by atoms with Crippen molar-refractivity contribution in [3.8, 4) is 0 Å². The molecule has 9 heteroatoms. The molecule has 7 nitrogen and oxygen atoms in total. The average molecular weight is 443 g/mol. The summed E-state index contributed by atoms with van der Waals surface area (Å²) in [5.74, 6) is -0.104. The van der Waals surface area contributed by atoms with Crippen LogP contribution in [0.4, 0.5) is 10.8 Å². The number of hydrogen-bond acceptors (Lipinski definition) is 6. The standard InChI is InChI=1S/C21H19ClN4O3S/c1-14-17(22)6-7-18-20(14)23-21(30-18)25-11-9-24(10-12-25)19(27)8-5-15-3-2-4-16(13-15)26(28)29/h2-8,13H,9-12H2,1H3/b8-5+. The number of anilines is 1. The van der Waals surface area contributed by atoms with Crippen LogP contribution in [0.15, 0.2) is 42.5 Å². The van der Waals surface area contributed by atoms with Gasteiger partial charge in [-0.25, -0.2) is 4.98 Å². The van der Waals surface area contributed by atoms with Crippen LogP contribution in [0.25, 0.3) is 16.3 Å². The van der Waals surface area contributed by atoms with E-state index in [-0.39, 0.29) is 11.6 Å². The van der Waals surface area contributed by atoms with Crippen molar-refractivity contribution in [3.63, 3.8) is 0 Å². The normalized spacial score (nSPS) is 14.6. The highest BCUT2D eigenvalue weighted by Gasteiger charge is 2.22. The minimum atomic E-state index is -0.449. The third-order valence-electron chi connectivity index (χ3n) is 5.10. The Balaban J connectivity index is 1.39. The molecule has 0 saturated carbocycles. The van der Waals surface area contributed by atoms with Gasteiger partial charge in [-0.05, 0) is 36.3 Å². The minimum Gasteiger partial charge on any atom is -0.345 e. The number of carbonyl (C=O) groups excluding carboxylic acids is 1. The summed E-state index contributed by atoms with van der Waals surface area (Å²) < 4.78 is 1.10. The summed E-state index contributed by atoms with van der Waals surface area (Å²) in [4.78, 5) is 31.7. The fraction of sp³-hybridized carbons (Fsp3) is 0.238. The second-order valence-electron chi connectivity index (χ2n) is 7.01. The van der Waals surface area contributed by atoms with Gasteiger partial charge in [-0.15, -0.1) is 0 Å². The van der Waals surface area contributed by atoms with Crippen LogP contribution in [0.2, 0.25) is 5.02 Å². The molecule has 1 aromatic heterocycles. The second-order valence-corrected chi connectivity index (χ2v) is 8.43. The van der Waals surface area contributed by atoms with E-state index in [0.29, 0.717) is 36.8 Å². The Kier molecular flexibility index (Phi) is 5.69. The van der Waals surface area contributed by atoms with E-state index in [0.717, 1.165) is 20.9 Å². The predicted octanol–water partition coefficient (Wildman–Crippen LogP) is 4.53. The number of aryl methyl sites for hydroxylation is 1. The van der Waals surface area contributed by atoms with E-state index in [1.54, 1.807) is 34.4 Å². The number of halogens is 1. The molecule has 4 rings (SSSR count). The molecule has 0 N–H and O–H groups in total. The number of non-ortho nitro benzene ring substituents is 1. The first-order chi connectivity index (χ1) is 14.4. The van der Waals surface area contributed by atoms with Gasteiger partial charge in [-0.1, -0.05) is 35.1 Å². The summed E-state index contributed by atoms with van der Waals surface area (Å²) in [6, 6.07) is 10.1. The molecule has 1 fully saturated rings. The molecule has 0 spiro atoms. The number of thiazole rings is 1. The van der Waals surface area contributed by atoms with Crippen molar-refractivity contribution >= 4 is 56.0 Å². The number of nitrogens with zero attached hydrogens (tertiary/aromatic N) is 4. The van der Waals surface area contributed by atoms with Crippen LogP contribution in [0.1, 0.15) is 11.1 Å². The Morgan fingerprint density at radius 2 is 2.00 bits per heavy atom. The number of carbonyl (C=O) groups is 1. The largest absolute Gasteiger partial charge is 0.345 e. The zero-order chi connectivity index (χ0) is 21.3. The van der Waals surface area contributed by atoms with Gasteiger partial charge in [0.1, 0.15) is 0 Å². The molecule has 0 atom stereocenters. The maximum Gasteiger partial charge on any atom is 0.270 e. The SMILES string of the molecule is Cc1c(Cl)ccc2sc(N3CCN(C(=O)/C=C/c4cccc([N+](=O)[O-])c4)CC3)nc12. The zero-order valence-corrected chi connectivity index (χ0v) is 17.8. The molecule has 0 bridgehead atoms. The van der Waals surface area contributed by atoms with E-state index < -0.39 is 4.92 Å². The highest BCUT2D eigenvalue weighted by molar-refractivity contribution is 7.22. The first-order valence-corrected chi connectivity index (χ1v) is 10.6. The molecule has 1 aliphatic heterocycles. The van der Waals surface area contributed by atoms with Gasteiger partial charge in [0.05, 0.1) is 15.1 Å². The molecule has 1 aliphatic rings. The van der Waals surface area contributed by atoms with Crippen LogP contribution in [0.5, 0.6) is 0 Å². The summed E-state index contributed by atoms with van der Waals surface area (Å²) in [5, 5.41) is 12.5. The maximum atomic E-state index is 12.5. The summed E-state index contributed by atoms with van der Waals surface area (Å²) in [5.41, 5.74) is 2.54. The Morgan fingerprint density at radius 3 is 2.73 bits per heavy atom. The number of nitro benzene ring substituents is 1. The quantitative estimate of drug-likeness (QED) is 0.337. The van der Waals surface area contributed by atoms with Crippen molar-refractivity contribution in [1.82, 2.24) is 9.88 Å². The first kappa shape index (κ1) is 20.3. The van der Waals surface area contributed by atoms with Crippen LogP contribution in [0, 0.1) is 17.0 Å². The lowest BCUT2D eigenvalue weighted by molar-refractivity contribution is -0.384. The summed E-state index contributed by atoms with van der Waals surface area (Å²) in [6.45, 7) is 4.55. The molecule has 1 amide bonds. The van der Waals surface area contributed by atoms with Gasteiger partial charge < -0.3 is 9.80 Å². The van der Waals surface area contributed by atoms with Crippen molar-refractivity contribution in [1.29, 1.82) is 0 Å². The van der Waals surface area contributed by atoms with Crippen molar-refractivity contribution in [2.24, 2.45) is 0 Å². The Hall–Kier alpha value is -2.97. The second kappa shape index (κ2) is 8.41. The van der Waals surface area contributed by atoms with Crippen LogP contribution < -0.4 is 4.90 Å². The average Bonchev–Trinajstić information content (AvgIpc) is 3.20. The van der Waals surface area contributed by atoms with E-state index in [9.17, 15) is 14.9 Å². The fourth-order valence-corrected chi connectivity index (χ4v) is 4.59. The predicted molar refractivity (Wildman–Crippen MR) is 120 cm³/mol. The van der Waals surface area contributed by atoms with Crippen LogP contribution >= 0.6 is 22.9 Å². The minimum absolute atomic E-state index is 0.00516. The number of nitro groups is 1. The molecular weight excluding hydrogens is 424 g/mol. The Bertz CT molecular complexity index is 1150. The first-order valence-electron chi connectivity index (χ1n) is 9.44. The van der Waals surface area contributed by atoms with Crippen molar-refractivity contribution < 1.29 is 9.72 Å². The molecule has 1 saturated heterocycles. The van der Waals surface area contributed by atoms with Crippen LogP contribution in [-0.2, 0) is 4.79 Å². The molecule has 0 unspecified atom stereocenters. The van der Waals surface area contributed by atoms with Crippen molar-refractivity contribution in [2.75, 3.05) is 31.1 Å². The molecule has 154 valence electrons. The van der Waals surface area contributed by atoms with Gasteiger partial charge in [-0.2, -0.15) is 0 Å². The summed E-state index contributed by atoms with van der Waals surface area (Å²) in [7, 11) is 0. The van der Waals surface area contributed by atoms with E-state index in [1.807, 2.05) is 19.1 Å². The zero-order valence-electron chi connectivity index (χ0n) is 16.2. The number of aromatic nitrogens is 1. The highest BCUT2D eigenvalue weighted by atomic mass is 35.5.